The van der Waals surface area contributed by atoms with E-state index in [-0.39, 0.29) is 11.6 Å². The number of rotatable bonds is 6. The zero-order chi connectivity index (χ0) is 27.1. The molecule has 1 aromatic heterocycles. The van der Waals surface area contributed by atoms with Crippen LogP contribution < -0.4 is 0 Å². The normalized spacial score (nSPS) is 11.5. The molecule has 195 valence electrons. The minimum atomic E-state index is -2.61. The third-order valence-electron chi connectivity index (χ3n) is 5.71. The second-order valence-corrected chi connectivity index (χ2v) is 19.1. The van der Waals surface area contributed by atoms with Crippen molar-refractivity contribution in [1.29, 1.82) is 0 Å². The van der Waals surface area contributed by atoms with Gasteiger partial charge in [-0.15, -0.1) is 0 Å². The van der Waals surface area contributed by atoms with Crippen LogP contribution in [0.15, 0.2) is 126 Å². The van der Waals surface area contributed by atoms with Crippen molar-refractivity contribution >= 4 is 62.9 Å². The summed E-state index contributed by atoms with van der Waals surface area (Å²) in [5.41, 5.74) is 3.14. The van der Waals surface area contributed by atoms with Crippen molar-refractivity contribution in [2.24, 2.45) is 0 Å². The van der Waals surface area contributed by atoms with Gasteiger partial charge in [-0.1, -0.05) is 91.0 Å². The summed E-state index contributed by atoms with van der Waals surface area (Å²) in [6.45, 7) is 0. The van der Waals surface area contributed by atoms with E-state index in [2.05, 4.69) is 0 Å². The number of ketones is 2. The van der Waals surface area contributed by atoms with Gasteiger partial charge in [0.1, 0.15) is 5.92 Å². The van der Waals surface area contributed by atoms with Crippen LogP contribution in [0, 0.1) is 0 Å². The molecule has 0 aliphatic rings. The summed E-state index contributed by atoms with van der Waals surface area (Å²) < 4.78 is 6.19. The van der Waals surface area contributed by atoms with Crippen LogP contribution in [0.1, 0.15) is 32.2 Å². The average molecular weight is 627 g/mol. The first-order valence-electron chi connectivity index (χ1n) is 11.4. The maximum absolute atomic E-state index is 13.8. The van der Waals surface area contributed by atoms with E-state index in [1.807, 2.05) is 97.1 Å². The summed E-state index contributed by atoms with van der Waals surface area (Å²) in [5.74, 6) is -0.866. The second-order valence-electron chi connectivity index (χ2n) is 8.12. The number of hydrogen-bond donors (Lipinski definition) is 0. The molecule has 0 atom stereocenters. The van der Waals surface area contributed by atoms with Crippen molar-refractivity contribution in [3.8, 4) is 11.3 Å². The molecule has 0 aliphatic carbocycles. The average Bonchev–Trinajstić information content (AvgIpc) is 2.93. The van der Waals surface area contributed by atoms with Gasteiger partial charge in [-0.25, -0.2) is 4.42 Å². The molecular weight excluding hydrogens is 606 g/mol. The van der Waals surface area contributed by atoms with Crippen LogP contribution in [0.4, 0.5) is 0 Å². The van der Waals surface area contributed by atoms with Gasteiger partial charge in [0.05, 0.1) is 10.9 Å². The summed E-state index contributed by atoms with van der Waals surface area (Å²) in [4.78, 5) is 27.6. The first-order valence-corrected chi connectivity index (χ1v) is 17.4. The van der Waals surface area contributed by atoms with Gasteiger partial charge in [0, 0.05) is 23.3 Å². The van der Waals surface area contributed by atoms with Crippen molar-refractivity contribution in [1.82, 2.24) is 0 Å². The molecule has 0 radical (unpaired) electrons. The van der Waals surface area contributed by atoms with E-state index in [9.17, 15) is 9.59 Å². The summed E-state index contributed by atoms with van der Waals surface area (Å²) in [6.07, 6.45) is 0. The molecule has 38 heavy (non-hydrogen) atoms. The number of Topliss-reactive ketones (excluding diaryl/α,β-unsaturated/α-hetero) is 2. The second kappa shape index (κ2) is 12.9. The van der Waals surface area contributed by atoms with Crippen molar-refractivity contribution < 1.29 is 23.2 Å². The minimum absolute atomic E-state index is 0.236. The molecule has 0 N–H and O–H groups in total. The van der Waals surface area contributed by atoms with E-state index in [0.29, 0.717) is 28.0 Å². The van der Waals surface area contributed by atoms with Gasteiger partial charge in [0.15, 0.2) is 11.6 Å². The molecule has 0 saturated carbocycles. The van der Waals surface area contributed by atoms with Crippen LogP contribution in [0.25, 0.3) is 22.3 Å². The fourth-order valence-electron chi connectivity index (χ4n) is 4.08. The van der Waals surface area contributed by atoms with E-state index in [0.717, 1.165) is 10.9 Å². The van der Waals surface area contributed by atoms with E-state index in [4.69, 9.17) is 44.8 Å². The van der Waals surface area contributed by atoms with Crippen molar-refractivity contribution in [2.75, 3.05) is 0 Å². The molecular formula is C30H21Cl4FeO3. The standard InChI is InChI=1S/C30H21O3.4ClH.Fe/c31-29(22-14-6-2-7-15-22)28(30(32)23-16-8-3-9-17-23)25-20-27(21-12-4-1-5-13-21)33-26-19-11-10-18-24(25)26;;;;;/h1-20,28H;4*1H;/q+1;;;;;+3/p-4. The molecule has 1 heterocycles. The topological polar surface area (TPSA) is 45.4 Å². The van der Waals surface area contributed by atoms with E-state index in [1.54, 1.807) is 24.3 Å². The van der Waals surface area contributed by atoms with Gasteiger partial charge in [-0.2, -0.15) is 0 Å². The van der Waals surface area contributed by atoms with Crippen molar-refractivity contribution in [3.05, 3.63) is 138 Å². The van der Waals surface area contributed by atoms with E-state index in [1.165, 1.54) is 0 Å². The molecule has 5 rings (SSSR count). The Labute approximate surface area is 240 Å². The first kappa shape index (κ1) is 28.3. The zero-order valence-corrected chi connectivity index (χ0v) is 23.8. The number of fused-ring (bicyclic) bond motifs is 1. The van der Waals surface area contributed by atoms with Crippen molar-refractivity contribution in [3.63, 3.8) is 0 Å². The quantitative estimate of drug-likeness (QED) is 0.0815. The fourth-order valence-corrected chi connectivity index (χ4v) is 4.08. The molecule has 5 aromatic rings. The molecule has 0 aliphatic heterocycles. The Morgan fingerprint density at radius 3 is 1.53 bits per heavy atom. The van der Waals surface area contributed by atoms with Crippen LogP contribution in [-0.2, 0) is 9.20 Å². The third kappa shape index (κ3) is 7.45. The number of para-hydroxylation sites is 1. The molecule has 0 spiro atoms. The van der Waals surface area contributed by atoms with Gasteiger partial charge in [0.25, 0.3) is 0 Å². The van der Waals surface area contributed by atoms with E-state index >= 15 is 0 Å². The Morgan fingerprint density at radius 1 is 0.605 bits per heavy atom. The molecule has 3 nitrogen and oxygen atoms in total. The predicted molar refractivity (Wildman–Crippen MR) is 154 cm³/mol. The Morgan fingerprint density at radius 2 is 1.03 bits per heavy atom. The van der Waals surface area contributed by atoms with Gasteiger partial charge < -0.3 is 0 Å². The first-order chi connectivity index (χ1) is 18.2. The van der Waals surface area contributed by atoms with Crippen LogP contribution in [-0.4, -0.2) is 11.6 Å². The number of benzene rings is 4. The molecule has 0 bridgehead atoms. The molecule has 0 saturated heterocycles. The molecule has 0 fully saturated rings. The Bertz CT molecular complexity index is 1480. The SMILES string of the molecule is O=C(c1ccccc1)C(C(=O)c1ccccc1)c1cc(-c2ccccc2)[o+]c2ccccc12.[Cl][Fe-]([Cl])([Cl])[Cl]. The monoisotopic (exact) mass is 625 g/mol. The maximum atomic E-state index is 13.8. The molecule has 4 aromatic carbocycles. The number of halogens is 4. The van der Waals surface area contributed by atoms with E-state index < -0.39 is 15.1 Å². The Balaban J connectivity index is 0.000000617. The van der Waals surface area contributed by atoms with Crippen LogP contribution in [0.2, 0.25) is 0 Å². The van der Waals surface area contributed by atoms with Gasteiger partial charge in [0.2, 0.25) is 0 Å². The predicted octanol–water partition coefficient (Wildman–Crippen LogP) is 9.99. The van der Waals surface area contributed by atoms with Gasteiger partial charge >= 0.3 is 60.9 Å². The molecule has 0 unspecified atom stereocenters. The van der Waals surface area contributed by atoms with Crippen LogP contribution in [0.5, 0.6) is 0 Å². The molecule has 0 amide bonds. The molecule has 8 heteroatoms. The number of hydrogen-bond acceptors (Lipinski definition) is 2. The van der Waals surface area contributed by atoms with Gasteiger partial charge in [-0.05, 0) is 23.8 Å². The summed E-state index contributed by atoms with van der Waals surface area (Å²) in [7, 11) is 17.2. The zero-order valence-electron chi connectivity index (χ0n) is 19.7. The fraction of sp³-hybridized carbons (Fsp3) is 0.0333. The Kier molecular flexibility index (Phi) is 9.62. The van der Waals surface area contributed by atoms with Crippen LogP contribution in [0.3, 0.4) is 0 Å². The summed E-state index contributed by atoms with van der Waals surface area (Å²) in [6, 6.07) is 37.0. The summed E-state index contributed by atoms with van der Waals surface area (Å²) >= 11 is 0. The Hall–Kier alpha value is -2.69. The number of carbonyl (C=O) groups is 2. The van der Waals surface area contributed by atoms with Crippen LogP contribution >= 0.6 is 40.4 Å². The van der Waals surface area contributed by atoms with Gasteiger partial charge in [-0.3, -0.25) is 9.59 Å². The van der Waals surface area contributed by atoms with Crippen molar-refractivity contribution in [2.45, 2.75) is 5.92 Å². The summed E-state index contributed by atoms with van der Waals surface area (Å²) in [5, 5.41) is 0.746. The third-order valence-corrected chi connectivity index (χ3v) is 5.71. The number of carbonyl (C=O) groups excluding carboxylic acids is 2.